The number of nitrogens with zero attached hydrogens (tertiary/aromatic N) is 3. The molecule has 1 aromatic carbocycles. The van der Waals surface area contributed by atoms with Gasteiger partial charge in [0.05, 0.1) is 5.69 Å². The Kier molecular flexibility index (Phi) is 4.22. The summed E-state index contributed by atoms with van der Waals surface area (Å²) in [6.07, 6.45) is 0.538. The van der Waals surface area contributed by atoms with Crippen LogP contribution in [0.3, 0.4) is 0 Å². The van der Waals surface area contributed by atoms with Crippen LogP contribution in [-0.4, -0.2) is 23.0 Å². The van der Waals surface area contributed by atoms with E-state index >= 15 is 0 Å². The minimum Gasteiger partial charge on any atom is -0.221 e. The van der Waals surface area contributed by atoms with E-state index in [0.29, 0.717) is 17.1 Å². The van der Waals surface area contributed by atoms with Crippen molar-refractivity contribution in [3.63, 3.8) is 0 Å². The van der Waals surface area contributed by atoms with Gasteiger partial charge >= 0.3 is 0 Å². The van der Waals surface area contributed by atoms with Crippen molar-refractivity contribution in [1.82, 2.24) is 19.3 Å². The standard InChI is InChI=1S/C15H18N4O2S2/c1-4-13-14(19-15(17-13)22-11(3)18-19)23(20,21)16-9-12-7-5-10(2)6-8-12/h5-8,16H,4,9H2,1-3H3. The van der Waals surface area contributed by atoms with E-state index in [1.54, 1.807) is 0 Å². The summed E-state index contributed by atoms with van der Waals surface area (Å²) in [7, 11) is -3.69. The summed E-state index contributed by atoms with van der Waals surface area (Å²) in [4.78, 5) is 4.99. The number of benzene rings is 1. The van der Waals surface area contributed by atoms with Gasteiger partial charge in [-0.05, 0) is 25.8 Å². The molecule has 0 spiro atoms. The highest BCUT2D eigenvalue weighted by Gasteiger charge is 2.26. The Balaban J connectivity index is 1.94. The molecular formula is C15H18N4O2S2. The highest BCUT2D eigenvalue weighted by atomic mass is 32.2. The third kappa shape index (κ3) is 3.15. The fraction of sp³-hybridized carbons (Fsp3) is 0.333. The van der Waals surface area contributed by atoms with Crippen LogP contribution in [0.5, 0.6) is 0 Å². The number of aromatic nitrogens is 3. The number of fused-ring (bicyclic) bond motifs is 1. The van der Waals surface area contributed by atoms with Crippen molar-refractivity contribution in [3.05, 3.63) is 46.1 Å². The average molecular weight is 350 g/mol. The second-order valence-corrected chi connectivity index (χ2v) is 8.19. The molecule has 23 heavy (non-hydrogen) atoms. The molecule has 0 fully saturated rings. The molecule has 0 saturated carbocycles. The Hall–Kier alpha value is -1.77. The van der Waals surface area contributed by atoms with Crippen molar-refractivity contribution < 1.29 is 8.42 Å². The Morgan fingerprint density at radius 2 is 1.91 bits per heavy atom. The van der Waals surface area contributed by atoms with Gasteiger partial charge < -0.3 is 0 Å². The van der Waals surface area contributed by atoms with Gasteiger partial charge in [-0.15, -0.1) is 0 Å². The first-order chi connectivity index (χ1) is 10.9. The molecular weight excluding hydrogens is 332 g/mol. The van der Waals surface area contributed by atoms with Crippen LogP contribution < -0.4 is 4.72 Å². The van der Waals surface area contributed by atoms with E-state index in [1.807, 2.05) is 45.0 Å². The van der Waals surface area contributed by atoms with Gasteiger partial charge in [0, 0.05) is 6.54 Å². The molecule has 0 radical (unpaired) electrons. The quantitative estimate of drug-likeness (QED) is 0.767. The minimum absolute atomic E-state index is 0.145. The molecule has 0 aliphatic rings. The summed E-state index contributed by atoms with van der Waals surface area (Å²) in [5, 5.41) is 5.20. The molecule has 0 bridgehead atoms. The minimum atomic E-state index is -3.69. The predicted molar refractivity (Wildman–Crippen MR) is 90.2 cm³/mol. The van der Waals surface area contributed by atoms with Crippen LogP contribution in [0.4, 0.5) is 0 Å². The normalized spacial score (nSPS) is 12.1. The van der Waals surface area contributed by atoms with E-state index in [-0.39, 0.29) is 11.6 Å². The lowest BCUT2D eigenvalue weighted by atomic mass is 10.2. The van der Waals surface area contributed by atoms with E-state index in [4.69, 9.17) is 0 Å². The zero-order valence-electron chi connectivity index (χ0n) is 13.2. The maximum atomic E-state index is 12.7. The van der Waals surface area contributed by atoms with E-state index < -0.39 is 10.0 Å². The van der Waals surface area contributed by atoms with Crippen molar-refractivity contribution in [2.75, 3.05) is 0 Å². The van der Waals surface area contributed by atoms with E-state index in [0.717, 1.165) is 16.1 Å². The Bertz CT molecular complexity index is 940. The second-order valence-electron chi connectivity index (χ2n) is 5.34. The van der Waals surface area contributed by atoms with Crippen LogP contribution >= 0.6 is 11.3 Å². The van der Waals surface area contributed by atoms with E-state index in [2.05, 4.69) is 14.8 Å². The molecule has 2 heterocycles. The molecule has 1 N–H and O–H groups in total. The summed E-state index contributed by atoms with van der Waals surface area (Å²) in [5.74, 6) is 0. The molecule has 3 rings (SSSR count). The first kappa shape index (κ1) is 16.1. The molecule has 2 aromatic heterocycles. The number of nitrogens with one attached hydrogen (secondary N) is 1. The van der Waals surface area contributed by atoms with Gasteiger partial charge in [-0.25, -0.2) is 18.1 Å². The third-order valence-electron chi connectivity index (χ3n) is 3.51. The molecule has 6 nitrogen and oxygen atoms in total. The second kappa shape index (κ2) is 6.03. The number of hydrogen-bond donors (Lipinski definition) is 1. The highest BCUT2D eigenvalue weighted by molar-refractivity contribution is 7.89. The highest BCUT2D eigenvalue weighted by Crippen LogP contribution is 2.22. The van der Waals surface area contributed by atoms with Gasteiger partial charge in [0.25, 0.3) is 10.0 Å². The van der Waals surface area contributed by atoms with Gasteiger partial charge in [0.1, 0.15) is 5.01 Å². The molecule has 0 aliphatic carbocycles. The van der Waals surface area contributed by atoms with Crippen molar-refractivity contribution in [2.24, 2.45) is 0 Å². The topological polar surface area (TPSA) is 76.4 Å². The first-order valence-corrected chi connectivity index (χ1v) is 9.61. The molecule has 0 aliphatic heterocycles. The van der Waals surface area contributed by atoms with Crippen LogP contribution in [0.1, 0.15) is 28.8 Å². The van der Waals surface area contributed by atoms with Crippen molar-refractivity contribution >= 4 is 26.3 Å². The van der Waals surface area contributed by atoms with Crippen molar-refractivity contribution in [2.45, 2.75) is 38.8 Å². The monoisotopic (exact) mass is 350 g/mol. The fourth-order valence-corrected chi connectivity index (χ4v) is 4.49. The smallest absolute Gasteiger partial charge is 0.221 e. The summed E-state index contributed by atoms with van der Waals surface area (Å²) in [5.41, 5.74) is 2.59. The average Bonchev–Trinajstić information content (AvgIpc) is 3.02. The number of sulfonamides is 1. The SMILES string of the molecule is CCc1nc2sc(C)nn2c1S(=O)(=O)NCc1ccc(C)cc1. The number of rotatable bonds is 5. The molecule has 8 heteroatoms. The van der Waals surface area contributed by atoms with Crippen LogP contribution in [-0.2, 0) is 23.0 Å². The van der Waals surface area contributed by atoms with Gasteiger partial charge in [-0.3, -0.25) is 0 Å². The summed E-state index contributed by atoms with van der Waals surface area (Å²) in [6.45, 7) is 5.95. The van der Waals surface area contributed by atoms with E-state index in [9.17, 15) is 8.42 Å². The summed E-state index contributed by atoms with van der Waals surface area (Å²) < 4.78 is 29.5. The molecule has 0 amide bonds. The maximum Gasteiger partial charge on any atom is 0.260 e. The van der Waals surface area contributed by atoms with Crippen LogP contribution in [0.25, 0.3) is 4.96 Å². The largest absolute Gasteiger partial charge is 0.260 e. The lowest BCUT2D eigenvalue weighted by Gasteiger charge is -2.07. The fourth-order valence-electron chi connectivity index (χ4n) is 2.32. The number of hydrogen-bond acceptors (Lipinski definition) is 5. The molecule has 3 aromatic rings. The summed E-state index contributed by atoms with van der Waals surface area (Å²) in [6, 6.07) is 7.75. The Morgan fingerprint density at radius 1 is 1.22 bits per heavy atom. The Morgan fingerprint density at radius 3 is 2.57 bits per heavy atom. The summed E-state index contributed by atoms with van der Waals surface area (Å²) >= 11 is 1.38. The van der Waals surface area contributed by atoms with Crippen molar-refractivity contribution in [3.8, 4) is 0 Å². The van der Waals surface area contributed by atoms with Gasteiger partial charge in [0.15, 0.2) is 5.03 Å². The molecule has 0 unspecified atom stereocenters. The first-order valence-electron chi connectivity index (χ1n) is 7.31. The van der Waals surface area contributed by atoms with Crippen LogP contribution in [0, 0.1) is 13.8 Å². The number of aryl methyl sites for hydroxylation is 3. The van der Waals surface area contributed by atoms with Gasteiger partial charge in [0.2, 0.25) is 4.96 Å². The molecule has 0 atom stereocenters. The lowest BCUT2D eigenvalue weighted by molar-refractivity contribution is 0.571. The van der Waals surface area contributed by atoms with Crippen LogP contribution in [0.15, 0.2) is 29.3 Å². The zero-order chi connectivity index (χ0) is 16.6. The Labute approximate surface area is 139 Å². The predicted octanol–water partition coefficient (Wildman–Crippen LogP) is 2.45. The molecule has 122 valence electrons. The maximum absolute atomic E-state index is 12.7. The third-order valence-corrected chi connectivity index (χ3v) is 5.77. The van der Waals surface area contributed by atoms with E-state index in [1.165, 1.54) is 15.9 Å². The molecule has 0 saturated heterocycles. The zero-order valence-corrected chi connectivity index (χ0v) is 14.8. The van der Waals surface area contributed by atoms with Crippen LogP contribution in [0.2, 0.25) is 0 Å². The van der Waals surface area contributed by atoms with Gasteiger partial charge in [-0.1, -0.05) is 48.1 Å². The lowest BCUT2D eigenvalue weighted by Crippen LogP contribution is -2.25. The number of imidazole rings is 1. The van der Waals surface area contributed by atoms with Crippen molar-refractivity contribution in [1.29, 1.82) is 0 Å². The van der Waals surface area contributed by atoms with Gasteiger partial charge in [-0.2, -0.15) is 9.61 Å².